The fourth-order valence-electron chi connectivity index (χ4n) is 5.52. The number of nitrogens with zero attached hydrogens (tertiary/aromatic N) is 3. The van der Waals surface area contributed by atoms with Crippen LogP contribution in [0.1, 0.15) is 31.9 Å². The van der Waals surface area contributed by atoms with E-state index in [1.807, 2.05) is 24.3 Å². The van der Waals surface area contributed by atoms with Crippen molar-refractivity contribution in [3.05, 3.63) is 114 Å². The van der Waals surface area contributed by atoms with E-state index in [2.05, 4.69) is 111 Å². The fourth-order valence-corrected chi connectivity index (χ4v) is 5.52. The molecule has 0 spiro atoms. The summed E-state index contributed by atoms with van der Waals surface area (Å²) in [5.74, 6) is 0. The molecule has 3 aromatic carbocycles. The maximum atomic E-state index is 8.00. The largest absolute Gasteiger partial charge is 0.438 e. The third-order valence-electron chi connectivity index (χ3n) is 7.41. The number of rotatable bonds is 4. The molecule has 0 atom stereocenters. The number of furan rings is 1. The molecule has 0 saturated carbocycles. The van der Waals surface area contributed by atoms with Crippen molar-refractivity contribution in [3.63, 3.8) is 0 Å². The molecule has 0 radical (unpaired) electrons. The summed E-state index contributed by atoms with van der Waals surface area (Å²) < 4.78 is 8.69. The van der Waals surface area contributed by atoms with Crippen molar-refractivity contribution < 1.29 is 8.98 Å². The molecule has 40 heavy (non-hydrogen) atoms. The van der Waals surface area contributed by atoms with Crippen molar-refractivity contribution in [1.82, 2.24) is 4.98 Å². The molecule has 4 heteroatoms. The number of benzene rings is 3. The third-order valence-corrected chi connectivity index (χ3v) is 7.41. The van der Waals surface area contributed by atoms with Crippen LogP contribution in [0.2, 0.25) is 0 Å². The van der Waals surface area contributed by atoms with E-state index in [1.165, 1.54) is 11.1 Å². The smallest absolute Gasteiger partial charge is 0.217 e. The van der Waals surface area contributed by atoms with E-state index in [0.717, 1.165) is 56.4 Å². The van der Waals surface area contributed by atoms with E-state index in [4.69, 9.17) is 16.0 Å². The molecule has 6 rings (SSSR count). The number of hydrogen-bond acceptors (Lipinski definition) is 2. The van der Waals surface area contributed by atoms with Gasteiger partial charge in [-0.05, 0) is 52.6 Å². The molecule has 4 nitrogen and oxygen atoms in total. The first-order valence-electron chi connectivity index (χ1n) is 13.6. The summed E-state index contributed by atoms with van der Waals surface area (Å²) in [4.78, 5) is 8.84. The zero-order valence-corrected chi connectivity index (χ0v) is 23.6. The number of pyridine rings is 2. The molecule has 0 aliphatic rings. The van der Waals surface area contributed by atoms with Gasteiger partial charge in [0, 0.05) is 17.5 Å². The maximum Gasteiger partial charge on any atom is 0.217 e. The maximum absolute atomic E-state index is 8.00. The van der Waals surface area contributed by atoms with Gasteiger partial charge >= 0.3 is 0 Å². The van der Waals surface area contributed by atoms with Crippen molar-refractivity contribution in [3.8, 4) is 33.6 Å². The van der Waals surface area contributed by atoms with Crippen LogP contribution < -0.4 is 4.57 Å². The van der Waals surface area contributed by atoms with Crippen LogP contribution in [0.15, 0.2) is 95.5 Å². The van der Waals surface area contributed by atoms with Crippen LogP contribution >= 0.6 is 0 Å². The predicted octanol–water partition coefficient (Wildman–Crippen LogP) is 9.25. The molecule has 196 valence electrons. The molecule has 0 fully saturated rings. The highest BCUT2D eigenvalue weighted by Crippen LogP contribution is 2.42. The van der Waals surface area contributed by atoms with Gasteiger partial charge < -0.3 is 4.42 Å². The molecule has 0 N–H and O–H groups in total. The van der Waals surface area contributed by atoms with Crippen LogP contribution in [0.4, 0.5) is 5.69 Å². The summed E-state index contributed by atoms with van der Waals surface area (Å²) in [7, 11) is 2.07. The highest BCUT2D eigenvalue weighted by atomic mass is 16.3. The first-order chi connectivity index (χ1) is 19.2. The average Bonchev–Trinajstić information content (AvgIpc) is 3.32. The van der Waals surface area contributed by atoms with E-state index in [-0.39, 0.29) is 5.41 Å². The Morgan fingerprint density at radius 2 is 1.57 bits per heavy atom. The van der Waals surface area contributed by atoms with Crippen molar-refractivity contribution in [2.24, 2.45) is 12.5 Å². The van der Waals surface area contributed by atoms with Gasteiger partial charge in [0.2, 0.25) is 17.1 Å². The fraction of sp³-hybridized carbons (Fsp3) is 0.194. The Hall–Kier alpha value is -4.75. The topological polar surface area (TPSA) is 34.3 Å². The molecule has 6 aromatic rings. The van der Waals surface area contributed by atoms with E-state index < -0.39 is 0 Å². The summed E-state index contributed by atoms with van der Waals surface area (Å²) in [6.45, 7) is 16.9. The lowest BCUT2D eigenvalue weighted by atomic mass is 9.88. The van der Waals surface area contributed by atoms with E-state index >= 15 is 0 Å². The Morgan fingerprint density at radius 3 is 2.27 bits per heavy atom. The normalized spacial score (nSPS) is 11.7. The minimum Gasteiger partial charge on any atom is -0.438 e. The van der Waals surface area contributed by atoms with Gasteiger partial charge in [0.25, 0.3) is 0 Å². The van der Waals surface area contributed by atoms with Gasteiger partial charge in [0.05, 0.1) is 23.2 Å². The van der Waals surface area contributed by atoms with Crippen molar-refractivity contribution in [2.75, 3.05) is 0 Å². The molecule has 0 unspecified atom stereocenters. The lowest BCUT2D eigenvalue weighted by Gasteiger charge is -2.18. The first-order valence-corrected chi connectivity index (χ1v) is 13.6. The zero-order chi connectivity index (χ0) is 28.0. The third kappa shape index (κ3) is 4.65. The van der Waals surface area contributed by atoms with Crippen LogP contribution in [0.25, 0.3) is 60.6 Å². The van der Waals surface area contributed by atoms with Gasteiger partial charge in [0.1, 0.15) is 12.6 Å². The summed E-state index contributed by atoms with van der Waals surface area (Å²) in [5, 5.41) is 1.69. The highest BCUT2D eigenvalue weighted by molar-refractivity contribution is 6.14. The molecule has 0 saturated heterocycles. The van der Waals surface area contributed by atoms with Crippen LogP contribution in [0.5, 0.6) is 0 Å². The van der Waals surface area contributed by atoms with Crippen LogP contribution in [-0.2, 0) is 13.5 Å². The molecular formula is C36H32N3O+. The Balaban J connectivity index is 1.51. The van der Waals surface area contributed by atoms with Gasteiger partial charge in [-0.15, -0.1) is 0 Å². The van der Waals surface area contributed by atoms with E-state index in [1.54, 1.807) is 0 Å². The monoisotopic (exact) mass is 522 g/mol. The van der Waals surface area contributed by atoms with Gasteiger partial charge in [-0.3, -0.25) is 0 Å². The van der Waals surface area contributed by atoms with Crippen LogP contribution in [0, 0.1) is 18.9 Å². The predicted molar refractivity (Wildman–Crippen MR) is 163 cm³/mol. The Morgan fingerprint density at radius 1 is 0.875 bits per heavy atom. The van der Waals surface area contributed by atoms with Gasteiger partial charge in [0.15, 0.2) is 6.20 Å². The van der Waals surface area contributed by atoms with Gasteiger partial charge in [-0.1, -0.05) is 87.5 Å². The second-order valence-corrected chi connectivity index (χ2v) is 11.8. The molecular weight excluding hydrogens is 490 g/mol. The molecule has 0 aliphatic carbocycles. The summed E-state index contributed by atoms with van der Waals surface area (Å²) in [6, 6.07) is 29.1. The van der Waals surface area contributed by atoms with E-state index in [0.29, 0.717) is 11.4 Å². The second-order valence-electron chi connectivity index (χ2n) is 11.8. The highest BCUT2D eigenvalue weighted by Gasteiger charge is 2.24. The minimum absolute atomic E-state index is 0.182. The standard InChI is InChI=1S/C36H32N3O/c1-23-12-17-28-33-30(37-5)21-29(27-15-13-26(14-16-27)25-10-8-7-9-11-25)38-35(33)40-34(28)32(23)31-20-24(18-19-39(31)6)22-36(2,3)4/h7-21H,22H2,1-4,6H3/q+1. The van der Waals surface area contributed by atoms with Crippen LogP contribution in [-0.4, -0.2) is 4.98 Å². The summed E-state index contributed by atoms with van der Waals surface area (Å²) >= 11 is 0. The molecule has 0 bridgehead atoms. The molecule has 3 heterocycles. The zero-order valence-electron chi connectivity index (χ0n) is 23.6. The van der Waals surface area contributed by atoms with E-state index in [9.17, 15) is 0 Å². The number of aromatic nitrogens is 2. The van der Waals surface area contributed by atoms with Crippen molar-refractivity contribution in [1.29, 1.82) is 0 Å². The molecule has 3 aromatic heterocycles. The Bertz CT molecular complexity index is 1920. The number of fused-ring (bicyclic) bond motifs is 3. The lowest BCUT2D eigenvalue weighted by Crippen LogP contribution is -2.31. The van der Waals surface area contributed by atoms with Crippen molar-refractivity contribution in [2.45, 2.75) is 34.1 Å². The summed E-state index contributed by atoms with van der Waals surface area (Å²) in [5.41, 5.74) is 10.5. The van der Waals surface area contributed by atoms with Crippen molar-refractivity contribution >= 4 is 27.8 Å². The van der Waals surface area contributed by atoms with Crippen LogP contribution in [0.3, 0.4) is 0 Å². The van der Waals surface area contributed by atoms with Gasteiger partial charge in [-0.25, -0.2) is 14.4 Å². The second kappa shape index (κ2) is 9.77. The Kier molecular flexibility index (Phi) is 6.24. The SMILES string of the molecule is [C-]#[N+]c1cc(-c2ccc(-c3ccccc3)cc2)nc2oc3c(-c4cc(CC(C)(C)C)cc[n+]4C)c(C)ccc3c12. The average molecular weight is 523 g/mol. The van der Waals surface area contributed by atoms with Gasteiger partial charge in [-0.2, -0.15) is 0 Å². The molecule has 0 aliphatic heterocycles. The molecule has 0 amide bonds. The first kappa shape index (κ1) is 25.5. The number of hydrogen-bond donors (Lipinski definition) is 0. The quantitative estimate of drug-likeness (QED) is 0.171. The number of aryl methyl sites for hydroxylation is 2. The summed E-state index contributed by atoms with van der Waals surface area (Å²) in [6.07, 6.45) is 3.10. The minimum atomic E-state index is 0.182. The Labute approximate surface area is 235 Å². The lowest BCUT2D eigenvalue weighted by molar-refractivity contribution is -0.660.